The second-order valence-corrected chi connectivity index (χ2v) is 6.84. The average Bonchev–Trinajstić information content (AvgIpc) is 3.09. The van der Waals surface area contributed by atoms with Crippen molar-refractivity contribution in [1.82, 2.24) is 15.5 Å². The minimum atomic E-state index is -0.440. The number of unbranched alkanes of at least 4 members (excludes halogenated alkanes) is 2. The Kier molecular flexibility index (Phi) is 5.73. The molecule has 0 unspecified atom stereocenters. The number of hydrogen-bond acceptors (Lipinski definition) is 5. The third kappa shape index (κ3) is 4.27. The molecular weight excluding hydrogens is 350 g/mol. The zero-order valence-electron chi connectivity index (χ0n) is 15.2. The molecule has 8 nitrogen and oxygen atoms in total. The van der Waals surface area contributed by atoms with Crippen molar-refractivity contribution in [3.63, 3.8) is 0 Å². The Labute approximate surface area is 157 Å². The number of benzene rings is 1. The summed E-state index contributed by atoms with van der Waals surface area (Å²) in [6.07, 6.45) is 3.46. The summed E-state index contributed by atoms with van der Waals surface area (Å²) in [4.78, 5) is 48.4. The van der Waals surface area contributed by atoms with E-state index in [4.69, 9.17) is 4.74 Å². The smallest absolute Gasteiger partial charge is 0.315 e. The molecule has 2 aliphatic rings. The number of carbonyl (C=O) groups excluding carboxylic acids is 4. The first kappa shape index (κ1) is 18.9. The first-order valence-electron chi connectivity index (χ1n) is 9.15. The van der Waals surface area contributed by atoms with Crippen LogP contribution in [0.25, 0.3) is 0 Å². The van der Waals surface area contributed by atoms with Gasteiger partial charge in [-0.25, -0.2) is 9.69 Å². The van der Waals surface area contributed by atoms with Crippen LogP contribution in [-0.4, -0.2) is 47.5 Å². The summed E-state index contributed by atoms with van der Waals surface area (Å²) >= 11 is 0. The first-order valence-corrected chi connectivity index (χ1v) is 9.15. The normalized spacial score (nSPS) is 21.1. The Balaban J connectivity index is 1.33. The molecule has 2 atom stereocenters. The number of carbonyl (C=O) groups is 4. The minimum Gasteiger partial charge on any atom is -0.444 e. The summed E-state index contributed by atoms with van der Waals surface area (Å²) in [6, 6.07) is 6.64. The van der Waals surface area contributed by atoms with Crippen LogP contribution in [0.1, 0.15) is 59.7 Å². The number of fused-ring (bicyclic) bond motifs is 1. The highest BCUT2D eigenvalue weighted by atomic mass is 16.5. The highest BCUT2D eigenvalue weighted by Gasteiger charge is 2.35. The van der Waals surface area contributed by atoms with Gasteiger partial charge in [0.25, 0.3) is 11.8 Å². The van der Waals surface area contributed by atoms with Crippen LogP contribution in [0.3, 0.4) is 0 Å². The molecule has 1 fully saturated rings. The molecule has 1 aromatic rings. The van der Waals surface area contributed by atoms with Crippen LogP contribution in [0, 0.1) is 0 Å². The molecule has 4 amide bonds. The molecule has 0 aromatic heterocycles. The van der Waals surface area contributed by atoms with Gasteiger partial charge in [-0.1, -0.05) is 25.0 Å². The van der Waals surface area contributed by atoms with E-state index in [1.807, 2.05) is 6.92 Å². The zero-order valence-corrected chi connectivity index (χ0v) is 15.2. The van der Waals surface area contributed by atoms with Gasteiger partial charge >= 0.3 is 12.0 Å². The monoisotopic (exact) mass is 373 g/mol. The fraction of sp³-hybridized carbons (Fsp3) is 0.474. The van der Waals surface area contributed by atoms with Gasteiger partial charge in [-0.15, -0.1) is 0 Å². The molecule has 0 spiro atoms. The number of amides is 4. The third-order valence-electron chi connectivity index (χ3n) is 4.91. The lowest BCUT2D eigenvalue weighted by molar-refractivity contribution is -0.146. The van der Waals surface area contributed by atoms with Crippen molar-refractivity contribution in [1.29, 1.82) is 0 Å². The number of ether oxygens (including phenoxy) is 1. The third-order valence-corrected chi connectivity index (χ3v) is 4.91. The molecule has 3 rings (SSSR count). The molecule has 0 aliphatic carbocycles. The van der Waals surface area contributed by atoms with E-state index in [0.29, 0.717) is 17.5 Å². The molecular formula is C19H23N3O5. The second kappa shape index (κ2) is 8.20. The van der Waals surface area contributed by atoms with Crippen LogP contribution in [-0.2, 0) is 9.53 Å². The van der Waals surface area contributed by atoms with Crippen molar-refractivity contribution < 1.29 is 23.9 Å². The molecule has 144 valence electrons. The molecule has 1 aromatic carbocycles. The quantitative estimate of drug-likeness (QED) is 0.411. The topological polar surface area (TPSA) is 105 Å². The molecule has 2 N–H and O–H groups in total. The van der Waals surface area contributed by atoms with Crippen LogP contribution in [0.15, 0.2) is 24.3 Å². The maximum atomic E-state index is 12.2. The van der Waals surface area contributed by atoms with E-state index >= 15 is 0 Å². The molecule has 2 heterocycles. The van der Waals surface area contributed by atoms with Crippen LogP contribution in [0.4, 0.5) is 4.79 Å². The van der Waals surface area contributed by atoms with E-state index in [1.165, 1.54) is 0 Å². The lowest BCUT2D eigenvalue weighted by Gasteiger charge is -2.14. The van der Waals surface area contributed by atoms with Gasteiger partial charge in [-0.2, -0.15) is 0 Å². The second-order valence-electron chi connectivity index (χ2n) is 6.84. The van der Waals surface area contributed by atoms with Crippen LogP contribution < -0.4 is 10.6 Å². The van der Waals surface area contributed by atoms with E-state index in [0.717, 1.165) is 24.2 Å². The largest absolute Gasteiger partial charge is 0.444 e. The summed E-state index contributed by atoms with van der Waals surface area (Å²) in [5, 5.41) is 5.66. The summed E-state index contributed by atoms with van der Waals surface area (Å²) in [7, 11) is 0. The Bertz CT molecular complexity index is 728. The van der Waals surface area contributed by atoms with Crippen molar-refractivity contribution in [3.05, 3.63) is 35.4 Å². The van der Waals surface area contributed by atoms with Gasteiger partial charge < -0.3 is 15.4 Å². The predicted octanol–water partition coefficient (Wildman–Crippen LogP) is 1.80. The fourth-order valence-corrected chi connectivity index (χ4v) is 3.34. The molecule has 1 saturated heterocycles. The number of rotatable bonds is 8. The fourth-order valence-electron chi connectivity index (χ4n) is 3.34. The van der Waals surface area contributed by atoms with E-state index in [9.17, 15) is 19.2 Å². The number of nitrogens with zero attached hydrogens (tertiary/aromatic N) is 1. The SMILES string of the molecule is C[C@H]1NC(=O)N[C@H]1CCCCCC(=O)OCN1C(=O)c2ccccc2C1=O. The summed E-state index contributed by atoms with van der Waals surface area (Å²) in [5.74, 6) is -1.31. The van der Waals surface area contributed by atoms with Gasteiger partial charge in [-0.05, 0) is 31.9 Å². The Morgan fingerprint density at radius 2 is 1.70 bits per heavy atom. The highest BCUT2D eigenvalue weighted by molar-refractivity contribution is 6.21. The van der Waals surface area contributed by atoms with Crippen molar-refractivity contribution >= 4 is 23.8 Å². The Hall–Kier alpha value is -2.90. The Morgan fingerprint density at radius 3 is 2.30 bits per heavy atom. The average molecular weight is 373 g/mol. The van der Waals surface area contributed by atoms with Gasteiger partial charge in [0.2, 0.25) is 0 Å². The maximum absolute atomic E-state index is 12.2. The number of esters is 1. The lowest BCUT2D eigenvalue weighted by Crippen LogP contribution is -2.33. The molecule has 27 heavy (non-hydrogen) atoms. The van der Waals surface area contributed by atoms with E-state index in [-0.39, 0.29) is 31.3 Å². The number of nitrogens with one attached hydrogen (secondary N) is 2. The van der Waals surface area contributed by atoms with Crippen molar-refractivity contribution in [2.24, 2.45) is 0 Å². The molecule has 2 aliphatic heterocycles. The van der Waals surface area contributed by atoms with Gasteiger partial charge in [0, 0.05) is 12.5 Å². The van der Waals surface area contributed by atoms with Gasteiger partial charge in [0.15, 0.2) is 6.73 Å². The summed E-state index contributed by atoms with van der Waals surface area (Å²) in [6.45, 7) is 1.60. The van der Waals surface area contributed by atoms with Crippen molar-refractivity contribution in [2.45, 2.75) is 51.1 Å². The van der Waals surface area contributed by atoms with E-state index < -0.39 is 17.8 Å². The van der Waals surface area contributed by atoms with E-state index in [1.54, 1.807) is 24.3 Å². The van der Waals surface area contributed by atoms with Gasteiger partial charge in [0.05, 0.1) is 17.2 Å². The molecule has 0 saturated carbocycles. The lowest BCUT2D eigenvalue weighted by atomic mass is 10.0. The Morgan fingerprint density at radius 1 is 1.04 bits per heavy atom. The first-order chi connectivity index (χ1) is 13.0. The maximum Gasteiger partial charge on any atom is 0.315 e. The number of urea groups is 1. The molecule has 0 bridgehead atoms. The number of imide groups is 1. The van der Waals surface area contributed by atoms with E-state index in [2.05, 4.69) is 10.6 Å². The van der Waals surface area contributed by atoms with Crippen molar-refractivity contribution in [3.8, 4) is 0 Å². The standard InChI is InChI=1S/C19H23N3O5/c1-12-15(21-19(26)20-12)9-3-2-4-10-16(23)27-11-22-17(24)13-7-5-6-8-14(13)18(22)25/h5-8,12,15H,2-4,9-11H2,1H3,(H2,20,21,26)/t12-,15+/m1/s1. The number of hydrogen-bond donors (Lipinski definition) is 2. The predicted molar refractivity (Wildman–Crippen MR) is 95.9 cm³/mol. The molecule has 0 radical (unpaired) electrons. The van der Waals surface area contributed by atoms with Gasteiger partial charge in [-0.3, -0.25) is 14.4 Å². The highest BCUT2D eigenvalue weighted by Crippen LogP contribution is 2.22. The summed E-state index contributed by atoms with van der Waals surface area (Å²) in [5.41, 5.74) is 0.669. The minimum absolute atomic E-state index is 0.113. The van der Waals surface area contributed by atoms with Crippen LogP contribution in [0.2, 0.25) is 0 Å². The van der Waals surface area contributed by atoms with Gasteiger partial charge in [0.1, 0.15) is 0 Å². The zero-order chi connectivity index (χ0) is 19.4. The van der Waals surface area contributed by atoms with Crippen LogP contribution >= 0.6 is 0 Å². The van der Waals surface area contributed by atoms with Crippen LogP contribution in [0.5, 0.6) is 0 Å². The summed E-state index contributed by atoms with van der Waals surface area (Å²) < 4.78 is 5.09. The van der Waals surface area contributed by atoms with Crippen molar-refractivity contribution in [2.75, 3.05) is 6.73 Å². The molecule has 8 heteroatoms.